The molecule has 5 fully saturated rings. The number of anilines is 2. The van der Waals surface area contributed by atoms with Gasteiger partial charge in [-0.15, -0.1) is 6.42 Å². The summed E-state index contributed by atoms with van der Waals surface area (Å²) in [5.41, 5.74) is 13.7. The summed E-state index contributed by atoms with van der Waals surface area (Å²) in [4.78, 5) is 61.0. The van der Waals surface area contributed by atoms with Gasteiger partial charge in [-0.05, 0) is 238 Å². The molecule has 10 heterocycles. The van der Waals surface area contributed by atoms with Crippen molar-refractivity contribution in [3.63, 3.8) is 0 Å². The Bertz CT molecular complexity index is 4900. The van der Waals surface area contributed by atoms with E-state index >= 15 is 0 Å². The van der Waals surface area contributed by atoms with E-state index in [1.165, 1.54) is 68.1 Å². The molecule has 6 aromatic rings. The van der Waals surface area contributed by atoms with Gasteiger partial charge in [0.2, 0.25) is 5.52 Å². The normalized spacial score (nSPS) is 21.4. The van der Waals surface area contributed by atoms with Gasteiger partial charge in [0.05, 0.1) is 45.0 Å². The molecule has 102 heavy (non-hydrogen) atoms. The van der Waals surface area contributed by atoms with Gasteiger partial charge >= 0.3 is 6.09 Å². The van der Waals surface area contributed by atoms with Gasteiger partial charge < -0.3 is 46.5 Å². The molecule has 1 amide bonds. The van der Waals surface area contributed by atoms with Crippen molar-refractivity contribution in [1.82, 2.24) is 50.9 Å². The molecule has 15 rings (SSSR count). The monoisotopic (exact) mass is 1520 g/mol. The van der Waals surface area contributed by atoms with Gasteiger partial charge in [0, 0.05) is 89.4 Å². The van der Waals surface area contributed by atoms with Crippen molar-refractivity contribution in [2.45, 2.75) is 111 Å². The summed E-state index contributed by atoms with van der Waals surface area (Å²) in [5.74, 6) is 33.7. The predicted octanol–water partition coefficient (Wildman–Crippen LogP) is 12.0. The number of hydroxylamine groups is 2. The van der Waals surface area contributed by atoms with E-state index in [0.717, 1.165) is 101 Å². The number of allylic oxidation sites excluding steroid dienone is 7. The Kier molecular flexibility index (Phi) is 27.3. The van der Waals surface area contributed by atoms with E-state index in [1.807, 2.05) is 69.5 Å². The molecule has 5 aromatic heterocycles. The number of thioether (sulfide) groups is 1. The Labute approximate surface area is 620 Å². The number of nitrogens with one attached hydrogen (secondary N) is 6. The number of rotatable bonds is 6. The van der Waals surface area contributed by atoms with Gasteiger partial charge in [0.15, 0.2) is 21.9 Å². The third-order valence-corrected chi connectivity index (χ3v) is 19.8. The van der Waals surface area contributed by atoms with Crippen molar-refractivity contribution in [2.75, 3.05) is 57.1 Å². The first-order chi connectivity index (χ1) is 48.2. The minimum Gasteiger partial charge on any atom is -0.618 e. The van der Waals surface area contributed by atoms with Gasteiger partial charge in [-0.25, -0.2) is 29.8 Å². The van der Waals surface area contributed by atoms with Crippen LogP contribution in [0.2, 0.25) is 0 Å². The lowest BCUT2D eigenvalue weighted by molar-refractivity contribution is -0.577. The standard InChI is InChI=1S/C24H22N8OS.C16H18N4O3S.C13H4.C9H19N.C8H5IN2O.C6H11N.2CH4/c1-26-17-5-2-4-13-19-22(28-21(13)17)29-24(30-23(19)31-10-14-15(11-31)20(14)25)34-12-8-18-16(27-9-12)6-3-7-32(18)33;1-16(2,3)23-15(22)20(4)9-7-5-6-8-10-12(17-11(8)9)18-14(24)19-13(10)21;1-3-5-7-9-11-13-12-10-8-6-4-2;1-3-8-6-4-5-7-9(8)10-2;9-6-4-8-7(10-5-6)2-1-3-11(8)12;1-4-5-2-7-3-6(4)5;;/h2-9,14-15,20,27,33H,10-11,25H2,1H3;5-7H,1-4H3,(H3,17,18,19,21,24);1H,2H3;8-10H,3-7H2,1-2H3;1-5H;4-7H,2-3H2,1H3;2*1H4/t14-,15+,20?;;;8-,9-;;4?,5-,6+;;/m...1..../s1. The summed E-state index contributed by atoms with van der Waals surface area (Å²) in [6.07, 6.45) is 29.8. The fraction of sp³-hybridized carbons (Fsp3) is 0.372. The molecule has 0 radical (unpaired) electrons. The van der Waals surface area contributed by atoms with Gasteiger partial charge in [0.25, 0.3) is 5.56 Å². The largest absolute Gasteiger partial charge is 0.618 e. The average molecular weight is 1520 g/mol. The molecule has 1 aromatic carbocycles. The maximum Gasteiger partial charge on any atom is 0.414 e. The highest BCUT2D eigenvalue weighted by Crippen LogP contribution is 2.50. The number of amides is 1. The quantitative estimate of drug-likeness (QED) is 0.0146. The number of terminal acetylenes is 1. The third kappa shape index (κ3) is 19.1. The molecule has 528 valence electrons. The highest BCUT2D eigenvalue weighted by Gasteiger charge is 2.54. The number of hydrogen-bond donors (Lipinski definition) is 8. The summed E-state index contributed by atoms with van der Waals surface area (Å²) < 4.78 is 7.43. The minimum atomic E-state index is -0.595. The number of aliphatic imine (C=N–C) groups is 2. The van der Waals surface area contributed by atoms with Crippen LogP contribution in [0.15, 0.2) is 134 Å². The van der Waals surface area contributed by atoms with Crippen LogP contribution >= 0.6 is 46.6 Å². The molecule has 21 nitrogen and oxygen atoms in total. The van der Waals surface area contributed by atoms with Crippen LogP contribution in [-0.4, -0.2) is 123 Å². The molecule has 9 N–H and O–H groups in total. The number of aromatic nitrogens is 7. The lowest BCUT2D eigenvalue weighted by Crippen LogP contribution is -2.35. The summed E-state index contributed by atoms with van der Waals surface area (Å²) in [7, 11) is 5.50. The first-order valence-corrected chi connectivity index (χ1v) is 35.3. The van der Waals surface area contributed by atoms with E-state index in [4.69, 9.17) is 44.1 Å². The van der Waals surface area contributed by atoms with Crippen molar-refractivity contribution < 1.29 is 19.5 Å². The Morgan fingerprint density at radius 2 is 1.70 bits per heavy atom. The van der Waals surface area contributed by atoms with E-state index < -0.39 is 11.7 Å². The molecule has 9 aliphatic rings. The number of H-pyrrole nitrogens is 3. The number of hydrogen-bond acceptors (Lipinski definition) is 18. The summed E-state index contributed by atoms with van der Waals surface area (Å²) >= 11 is 8.57. The van der Waals surface area contributed by atoms with Crippen molar-refractivity contribution >= 4 is 120 Å². The van der Waals surface area contributed by atoms with Crippen LogP contribution in [0.3, 0.4) is 0 Å². The van der Waals surface area contributed by atoms with Crippen LogP contribution < -0.4 is 41.8 Å². The number of aromatic amines is 3. The molecule has 2 unspecified atom stereocenters. The van der Waals surface area contributed by atoms with Crippen LogP contribution in [0.4, 0.5) is 22.1 Å². The Hall–Kier alpha value is -9.71. The number of piperidine rings is 2. The number of pyridine rings is 2. The Morgan fingerprint density at radius 1 is 0.990 bits per heavy atom. The van der Waals surface area contributed by atoms with Gasteiger partial charge in [0.1, 0.15) is 22.6 Å². The van der Waals surface area contributed by atoms with Crippen LogP contribution in [0.1, 0.15) is 94.1 Å². The minimum absolute atomic E-state index is 0. The molecular weight excluding hydrogens is 1430 g/mol. The summed E-state index contributed by atoms with van der Waals surface area (Å²) in [5, 5.41) is 34.3. The van der Waals surface area contributed by atoms with Crippen LogP contribution in [0.25, 0.3) is 38.5 Å². The number of carbonyl (C=O) groups is 1. The number of nitrogens with two attached hydrogens (primary N) is 1. The first-order valence-electron chi connectivity index (χ1n) is 33.0. The number of benzene rings is 1. The number of ether oxygens (including phenoxy) is 1. The Morgan fingerprint density at radius 3 is 2.34 bits per heavy atom. The van der Waals surface area contributed by atoms with Crippen LogP contribution in [-0.2, 0) is 4.74 Å². The van der Waals surface area contributed by atoms with Crippen molar-refractivity contribution in [3.8, 4) is 71.5 Å². The molecule has 2 saturated heterocycles. The van der Waals surface area contributed by atoms with Crippen molar-refractivity contribution in [1.29, 1.82) is 0 Å². The molecule has 3 saturated carbocycles. The van der Waals surface area contributed by atoms with Gasteiger partial charge in [-0.1, -0.05) is 78.2 Å². The molecule has 0 bridgehead atoms. The molecule has 8 atom stereocenters. The molecule has 0 spiro atoms. The van der Waals surface area contributed by atoms with E-state index in [2.05, 4.69) is 160 Å². The Balaban J connectivity index is 0.000000169. The van der Waals surface area contributed by atoms with Gasteiger partial charge in [-0.3, -0.25) is 24.9 Å². The number of nitrogens with zero attached hydrogens (tertiary/aromatic N) is 9. The zero-order valence-corrected chi connectivity index (χ0v) is 61.0. The van der Waals surface area contributed by atoms with Crippen LogP contribution in [0.5, 0.6) is 0 Å². The molecule has 24 heteroatoms. The number of carbonyl (C=O) groups excluding carboxylic acids is 1. The van der Waals surface area contributed by atoms with E-state index in [-0.39, 0.29) is 25.2 Å². The van der Waals surface area contributed by atoms with E-state index in [1.54, 1.807) is 57.7 Å². The fourth-order valence-electron chi connectivity index (χ4n) is 12.9. The zero-order valence-electron chi connectivity index (χ0n) is 57.2. The van der Waals surface area contributed by atoms with Crippen molar-refractivity contribution in [3.05, 3.63) is 143 Å². The SMILES string of the molecule is C.C.C#CC#CC#CC#CC#CC#CC.CC1[C@H]2CNC[C@@H]12.CC[C@@H]1CCCC[C@H]1NC.CN(C(=O)OC(C)(C)C)c1cccc2c1[nH]c1[nH]c(=S)[nH]c(=O)c12.CN=C1C=CC=C2C1=Nc1nc(SC3=CNC4=CC=CN(O)C4=C3)nc(N3C[C@@H]4C(N)[C@@H]4C3)c12.[O-][n+]1cccc2ncc(I)cc21. The second kappa shape index (κ2) is 35.7. The number of dihydropyridines is 1. The maximum absolute atomic E-state index is 12.3. The average Bonchev–Trinajstić information content (AvgIpc) is 1.57. The first kappa shape index (κ1) is 78.0. The zero-order chi connectivity index (χ0) is 71.2. The van der Waals surface area contributed by atoms with Gasteiger partial charge in [-0.2, -0.15) is 4.73 Å². The van der Waals surface area contributed by atoms with E-state index in [0.29, 0.717) is 67.7 Å². The second-order valence-corrected chi connectivity index (χ2v) is 28.3. The summed E-state index contributed by atoms with van der Waals surface area (Å²) in [6, 6.07) is 11.8. The lowest BCUT2D eigenvalue weighted by Gasteiger charge is -2.30. The van der Waals surface area contributed by atoms with E-state index in [9.17, 15) is 20.0 Å². The smallest absolute Gasteiger partial charge is 0.414 e. The highest BCUT2D eigenvalue weighted by atomic mass is 127. The highest BCUT2D eigenvalue weighted by molar-refractivity contribution is 14.1. The second-order valence-electron chi connectivity index (χ2n) is 25.6. The number of para-hydroxylation sites is 1. The lowest BCUT2D eigenvalue weighted by atomic mass is 9.83. The molecule has 5 aliphatic heterocycles. The fourth-order valence-corrected chi connectivity index (χ4v) is 14.3. The summed E-state index contributed by atoms with van der Waals surface area (Å²) in [6.45, 7) is 16.2. The maximum atomic E-state index is 12.3. The number of fused-ring (bicyclic) bond motifs is 10. The predicted molar refractivity (Wildman–Crippen MR) is 423 cm³/mol. The number of halogens is 1. The molecular formula is C78H87IN16O5S2. The topological polar surface area (TPSA) is 273 Å². The van der Waals surface area contributed by atoms with Crippen LogP contribution in [0, 0.1) is 121 Å². The molecule has 4 aliphatic carbocycles. The third-order valence-electron chi connectivity index (χ3n) is 18.2. The van der Waals surface area contributed by atoms with Crippen molar-refractivity contribution in [2.24, 2.45) is 51.2 Å².